The van der Waals surface area contributed by atoms with Crippen LogP contribution >= 0.6 is 0 Å². The molecule has 1 saturated carbocycles. The smallest absolute Gasteiger partial charge is 0.315 e. The fraction of sp³-hybridized carbons (Fsp3) is 0.500. The van der Waals surface area contributed by atoms with Crippen molar-refractivity contribution in [3.63, 3.8) is 0 Å². The average Bonchev–Trinajstić information content (AvgIpc) is 2.87. The molecule has 3 N–H and O–H groups in total. The van der Waals surface area contributed by atoms with Crippen LogP contribution in [0.3, 0.4) is 0 Å². The van der Waals surface area contributed by atoms with Gasteiger partial charge in [-0.2, -0.15) is 5.26 Å². The first kappa shape index (κ1) is 15.3. The van der Waals surface area contributed by atoms with E-state index < -0.39 is 0 Å². The van der Waals surface area contributed by atoms with Gasteiger partial charge in [-0.1, -0.05) is 25.5 Å². The molecule has 112 valence electrons. The second kappa shape index (κ2) is 6.59. The van der Waals surface area contributed by atoms with Crippen molar-refractivity contribution in [1.82, 2.24) is 10.6 Å². The summed E-state index contributed by atoms with van der Waals surface area (Å²) in [5, 5.41) is 24.0. The normalized spacial score (nSPS) is 24.3. The summed E-state index contributed by atoms with van der Waals surface area (Å²) in [6.45, 7) is 2.51. The zero-order valence-corrected chi connectivity index (χ0v) is 12.2. The number of hydrogen-bond donors (Lipinski definition) is 3. The molecule has 0 bridgehead atoms. The van der Waals surface area contributed by atoms with Crippen molar-refractivity contribution in [1.29, 1.82) is 5.26 Å². The number of amides is 2. The molecule has 0 heterocycles. The van der Waals surface area contributed by atoms with Crippen LogP contribution in [0.4, 0.5) is 4.79 Å². The van der Waals surface area contributed by atoms with Crippen LogP contribution in [0.5, 0.6) is 0 Å². The van der Waals surface area contributed by atoms with Crippen molar-refractivity contribution in [3.05, 3.63) is 35.4 Å². The summed E-state index contributed by atoms with van der Waals surface area (Å²) in [6, 6.07) is 8.97. The molecule has 1 aliphatic rings. The van der Waals surface area contributed by atoms with E-state index in [1.54, 1.807) is 12.1 Å². The summed E-state index contributed by atoms with van der Waals surface area (Å²) in [6.07, 6.45) is 2.86. The summed E-state index contributed by atoms with van der Waals surface area (Å²) >= 11 is 0. The standard InChI is InChI=1S/C16H21N3O2/c1-16(11-20)8-2-3-14(16)19-15(21)18-10-13-6-4-12(9-17)5-7-13/h4-7,14,20H,2-3,8,10-11H2,1H3,(H2,18,19,21). The van der Waals surface area contributed by atoms with Gasteiger partial charge < -0.3 is 15.7 Å². The van der Waals surface area contributed by atoms with E-state index >= 15 is 0 Å². The molecule has 0 aromatic heterocycles. The molecule has 1 aromatic rings. The van der Waals surface area contributed by atoms with E-state index in [2.05, 4.69) is 16.7 Å². The highest BCUT2D eigenvalue weighted by molar-refractivity contribution is 5.74. The Balaban J connectivity index is 1.83. The Labute approximate surface area is 125 Å². The van der Waals surface area contributed by atoms with Gasteiger partial charge in [0.25, 0.3) is 0 Å². The first-order valence-corrected chi connectivity index (χ1v) is 7.22. The van der Waals surface area contributed by atoms with E-state index in [9.17, 15) is 9.90 Å². The van der Waals surface area contributed by atoms with E-state index in [4.69, 9.17) is 5.26 Å². The summed E-state index contributed by atoms with van der Waals surface area (Å²) in [4.78, 5) is 11.9. The molecular formula is C16H21N3O2. The van der Waals surface area contributed by atoms with Crippen LogP contribution in [-0.4, -0.2) is 23.8 Å². The van der Waals surface area contributed by atoms with E-state index in [0.717, 1.165) is 24.8 Å². The van der Waals surface area contributed by atoms with Gasteiger partial charge in [0, 0.05) is 18.0 Å². The molecule has 0 spiro atoms. The molecule has 5 nitrogen and oxygen atoms in total. The van der Waals surface area contributed by atoms with Crippen LogP contribution in [0.15, 0.2) is 24.3 Å². The van der Waals surface area contributed by atoms with Gasteiger partial charge in [0.15, 0.2) is 0 Å². The SMILES string of the molecule is CC1(CO)CCCC1NC(=O)NCc1ccc(C#N)cc1. The highest BCUT2D eigenvalue weighted by Crippen LogP contribution is 2.37. The van der Waals surface area contributed by atoms with Gasteiger partial charge in [-0.15, -0.1) is 0 Å². The fourth-order valence-corrected chi connectivity index (χ4v) is 2.76. The largest absolute Gasteiger partial charge is 0.396 e. The number of hydrogen-bond acceptors (Lipinski definition) is 3. The Hall–Kier alpha value is -2.06. The number of benzene rings is 1. The Bertz CT molecular complexity index is 535. The monoisotopic (exact) mass is 287 g/mol. The molecule has 2 rings (SSSR count). The number of carbonyl (C=O) groups is 1. The van der Waals surface area contributed by atoms with Gasteiger partial charge in [-0.05, 0) is 30.5 Å². The van der Waals surface area contributed by atoms with Crippen molar-refractivity contribution in [3.8, 4) is 6.07 Å². The third kappa shape index (κ3) is 3.73. The Morgan fingerprint density at radius 1 is 1.48 bits per heavy atom. The lowest BCUT2D eigenvalue weighted by Gasteiger charge is -2.30. The van der Waals surface area contributed by atoms with E-state index in [1.807, 2.05) is 19.1 Å². The molecule has 1 aromatic carbocycles. The fourth-order valence-electron chi connectivity index (χ4n) is 2.76. The number of carbonyl (C=O) groups excluding carboxylic acids is 1. The van der Waals surface area contributed by atoms with Gasteiger partial charge in [-0.3, -0.25) is 0 Å². The molecule has 5 heteroatoms. The van der Waals surface area contributed by atoms with Gasteiger partial charge in [-0.25, -0.2) is 4.79 Å². The molecule has 1 fully saturated rings. The minimum atomic E-state index is -0.217. The first-order valence-electron chi connectivity index (χ1n) is 7.22. The van der Waals surface area contributed by atoms with Crippen LogP contribution in [0.2, 0.25) is 0 Å². The molecule has 0 aliphatic heterocycles. The molecule has 21 heavy (non-hydrogen) atoms. The van der Waals surface area contributed by atoms with Crippen LogP contribution in [-0.2, 0) is 6.54 Å². The lowest BCUT2D eigenvalue weighted by molar-refractivity contribution is 0.121. The first-order chi connectivity index (χ1) is 10.1. The summed E-state index contributed by atoms with van der Waals surface area (Å²) in [5.41, 5.74) is 1.33. The quantitative estimate of drug-likeness (QED) is 0.790. The van der Waals surface area contributed by atoms with Gasteiger partial charge >= 0.3 is 6.03 Å². The summed E-state index contributed by atoms with van der Waals surface area (Å²) in [7, 11) is 0. The second-order valence-corrected chi connectivity index (χ2v) is 5.89. The molecule has 2 atom stereocenters. The number of urea groups is 1. The second-order valence-electron chi connectivity index (χ2n) is 5.89. The zero-order valence-electron chi connectivity index (χ0n) is 12.2. The van der Waals surface area contributed by atoms with Crippen LogP contribution in [0, 0.1) is 16.7 Å². The lowest BCUT2D eigenvalue weighted by atomic mass is 9.86. The molecular weight excluding hydrogens is 266 g/mol. The van der Waals surface area contributed by atoms with Gasteiger partial charge in [0.2, 0.25) is 0 Å². The highest BCUT2D eigenvalue weighted by atomic mass is 16.3. The van der Waals surface area contributed by atoms with E-state index in [-0.39, 0.29) is 24.1 Å². The third-order valence-electron chi connectivity index (χ3n) is 4.28. The lowest BCUT2D eigenvalue weighted by Crippen LogP contribution is -2.48. The zero-order chi connectivity index (χ0) is 15.3. The molecule has 1 aliphatic carbocycles. The topological polar surface area (TPSA) is 85.2 Å². The Morgan fingerprint density at radius 3 is 2.81 bits per heavy atom. The molecule has 0 radical (unpaired) electrons. The molecule has 2 amide bonds. The van der Waals surface area contributed by atoms with Crippen LogP contribution < -0.4 is 10.6 Å². The van der Waals surface area contributed by atoms with E-state index in [1.165, 1.54) is 0 Å². The summed E-state index contributed by atoms with van der Waals surface area (Å²) < 4.78 is 0. The summed E-state index contributed by atoms with van der Waals surface area (Å²) in [5.74, 6) is 0. The number of rotatable bonds is 4. The van der Waals surface area contributed by atoms with Crippen molar-refractivity contribution >= 4 is 6.03 Å². The maximum atomic E-state index is 11.9. The number of nitrogens with zero attached hydrogens (tertiary/aromatic N) is 1. The van der Waals surface area contributed by atoms with Crippen LogP contribution in [0.25, 0.3) is 0 Å². The third-order valence-corrected chi connectivity index (χ3v) is 4.28. The number of aliphatic hydroxyl groups is 1. The van der Waals surface area contributed by atoms with E-state index in [0.29, 0.717) is 12.1 Å². The van der Waals surface area contributed by atoms with Crippen LogP contribution in [0.1, 0.15) is 37.3 Å². The van der Waals surface area contributed by atoms with Gasteiger partial charge in [0.05, 0.1) is 18.2 Å². The maximum absolute atomic E-state index is 11.9. The van der Waals surface area contributed by atoms with Gasteiger partial charge in [0.1, 0.15) is 0 Å². The number of aliphatic hydroxyl groups excluding tert-OH is 1. The van der Waals surface area contributed by atoms with Crippen molar-refractivity contribution in [2.45, 2.75) is 38.8 Å². The highest BCUT2D eigenvalue weighted by Gasteiger charge is 2.38. The minimum Gasteiger partial charge on any atom is -0.396 e. The number of nitriles is 1. The molecule has 2 unspecified atom stereocenters. The average molecular weight is 287 g/mol. The molecule has 0 saturated heterocycles. The predicted octanol–water partition coefficient (Wildman–Crippen LogP) is 1.91. The Kier molecular flexibility index (Phi) is 4.81. The number of nitrogens with one attached hydrogen (secondary N) is 2. The Morgan fingerprint density at radius 2 is 2.19 bits per heavy atom. The van der Waals surface area contributed by atoms with Crippen molar-refractivity contribution in [2.75, 3.05) is 6.61 Å². The van der Waals surface area contributed by atoms with Crippen molar-refractivity contribution in [2.24, 2.45) is 5.41 Å². The maximum Gasteiger partial charge on any atom is 0.315 e. The van der Waals surface area contributed by atoms with Crippen molar-refractivity contribution < 1.29 is 9.90 Å². The minimum absolute atomic E-state index is 0.0171. The predicted molar refractivity (Wildman–Crippen MR) is 79.4 cm³/mol.